The molecule has 6 heteroatoms. The summed E-state index contributed by atoms with van der Waals surface area (Å²) in [5, 5.41) is 11.7. The number of thiocarbonyl (C=S) groups is 1. The van der Waals surface area contributed by atoms with E-state index in [1.807, 2.05) is 6.07 Å². The Labute approximate surface area is 104 Å². The molecule has 0 aliphatic rings. The van der Waals surface area contributed by atoms with E-state index in [9.17, 15) is 0 Å². The highest BCUT2D eigenvalue weighted by Gasteiger charge is 2.08. The number of rotatable bonds is 1. The highest BCUT2D eigenvalue weighted by molar-refractivity contribution is 9.11. The lowest BCUT2D eigenvalue weighted by Crippen LogP contribution is -2.19. The molecule has 1 aromatic carbocycles. The zero-order chi connectivity index (χ0) is 10.7. The van der Waals surface area contributed by atoms with Crippen molar-refractivity contribution < 1.29 is 0 Å². The molecule has 1 aromatic rings. The molecule has 0 heterocycles. The van der Waals surface area contributed by atoms with E-state index in [0.717, 1.165) is 8.95 Å². The van der Waals surface area contributed by atoms with E-state index in [1.165, 1.54) is 0 Å². The van der Waals surface area contributed by atoms with Crippen LogP contribution < -0.4 is 11.1 Å². The smallest absolute Gasteiger partial charge is 0.168 e. The van der Waals surface area contributed by atoms with E-state index in [2.05, 4.69) is 37.2 Å². The van der Waals surface area contributed by atoms with Crippen molar-refractivity contribution in [3.8, 4) is 6.07 Å². The first kappa shape index (κ1) is 11.4. The Kier molecular flexibility index (Phi) is 3.86. The van der Waals surface area contributed by atoms with Gasteiger partial charge in [0.15, 0.2) is 5.11 Å². The second kappa shape index (κ2) is 4.73. The molecule has 0 spiro atoms. The topological polar surface area (TPSA) is 61.8 Å². The number of benzene rings is 1. The summed E-state index contributed by atoms with van der Waals surface area (Å²) in [6.07, 6.45) is 0. The van der Waals surface area contributed by atoms with Gasteiger partial charge in [-0.15, -0.1) is 0 Å². The van der Waals surface area contributed by atoms with Gasteiger partial charge in [0.25, 0.3) is 0 Å². The lowest BCUT2D eigenvalue weighted by atomic mass is 10.2. The predicted octanol–water partition coefficient (Wildman–Crippen LogP) is 2.74. The fourth-order valence-electron chi connectivity index (χ4n) is 0.912. The highest BCUT2D eigenvalue weighted by Crippen LogP contribution is 2.30. The number of nitrogens with one attached hydrogen (secondary N) is 1. The van der Waals surface area contributed by atoms with Crippen molar-refractivity contribution in [2.24, 2.45) is 5.73 Å². The summed E-state index contributed by atoms with van der Waals surface area (Å²) in [5.41, 5.74) is 6.39. The predicted molar refractivity (Wildman–Crippen MR) is 67.0 cm³/mol. The van der Waals surface area contributed by atoms with Gasteiger partial charge in [0.2, 0.25) is 0 Å². The summed E-state index contributed by atoms with van der Waals surface area (Å²) in [7, 11) is 0. The molecule has 0 aliphatic carbocycles. The molecule has 72 valence electrons. The van der Waals surface area contributed by atoms with E-state index < -0.39 is 0 Å². The Morgan fingerprint density at radius 2 is 2.14 bits per heavy atom. The van der Waals surface area contributed by atoms with Crippen LogP contribution in [0.4, 0.5) is 5.69 Å². The maximum Gasteiger partial charge on any atom is 0.168 e. The first-order valence-corrected chi connectivity index (χ1v) is 5.49. The van der Waals surface area contributed by atoms with E-state index >= 15 is 0 Å². The Morgan fingerprint density at radius 1 is 1.50 bits per heavy atom. The van der Waals surface area contributed by atoms with E-state index in [4.69, 9.17) is 23.2 Å². The molecule has 3 N–H and O–H groups in total. The minimum atomic E-state index is 0.129. The van der Waals surface area contributed by atoms with Gasteiger partial charge in [-0.25, -0.2) is 0 Å². The number of halogens is 2. The van der Waals surface area contributed by atoms with E-state index in [1.54, 1.807) is 12.1 Å². The van der Waals surface area contributed by atoms with Crippen LogP contribution in [0.25, 0.3) is 0 Å². The number of nitrogens with zero attached hydrogens (tertiary/aromatic N) is 1. The van der Waals surface area contributed by atoms with Crippen LogP contribution >= 0.6 is 44.1 Å². The Morgan fingerprint density at radius 3 is 2.64 bits per heavy atom. The molecular weight excluding hydrogens is 330 g/mol. The molecule has 3 nitrogen and oxygen atoms in total. The maximum atomic E-state index is 8.86. The van der Waals surface area contributed by atoms with Crippen LogP contribution in [0.2, 0.25) is 0 Å². The SMILES string of the molecule is N#Cc1cc(Br)cc(Br)c1NC(N)=S. The molecule has 0 fully saturated rings. The number of nitriles is 1. The average molecular weight is 335 g/mol. The normalized spacial score (nSPS) is 9.21. The molecule has 14 heavy (non-hydrogen) atoms. The van der Waals surface area contributed by atoms with Crippen LogP contribution in [0.15, 0.2) is 21.1 Å². The van der Waals surface area contributed by atoms with Crippen molar-refractivity contribution in [1.82, 2.24) is 0 Å². The Balaban J connectivity index is 3.27. The summed E-state index contributed by atoms with van der Waals surface area (Å²) >= 11 is 11.3. The van der Waals surface area contributed by atoms with Crippen LogP contribution in [0, 0.1) is 11.3 Å². The Hall–Kier alpha value is -0.640. The maximum absolute atomic E-state index is 8.86. The van der Waals surface area contributed by atoms with Crippen LogP contribution in [-0.4, -0.2) is 5.11 Å². The molecule has 0 amide bonds. The number of hydrogen-bond donors (Lipinski definition) is 2. The van der Waals surface area contributed by atoms with Crippen molar-refractivity contribution in [3.05, 3.63) is 26.6 Å². The van der Waals surface area contributed by atoms with Gasteiger partial charge in [-0.05, 0) is 40.3 Å². The standard InChI is InChI=1S/C8H5Br2N3S/c9-5-1-4(3-11)7(6(10)2-5)13-8(12)14/h1-2H,(H3,12,13,14). The van der Waals surface area contributed by atoms with Crippen LogP contribution in [-0.2, 0) is 0 Å². The van der Waals surface area contributed by atoms with Gasteiger partial charge in [0, 0.05) is 8.95 Å². The summed E-state index contributed by atoms with van der Waals surface area (Å²) < 4.78 is 1.55. The minimum Gasteiger partial charge on any atom is -0.376 e. The molecular formula is C8H5Br2N3S. The minimum absolute atomic E-state index is 0.129. The van der Waals surface area contributed by atoms with E-state index in [0.29, 0.717) is 11.3 Å². The number of hydrogen-bond acceptors (Lipinski definition) is 2. The monoisotopic (exact) mass is 333 g/mol. The van der Waals surface area contributed by atoms with E-state index in [-0.39, 0.29) is 5.11 Å². The summed E-state index contributed by atoms with van der Waals surface area (Å²) in [4.78, 5) is 0. The molecule has 0 saturated carbocycles. The molecule has 0 aliphatic heterocycles. The average Bonchev–Trinajstić information content (AvgIpc) is 2.08. The van der Waals surface area contributed by atoms with Crippen LogP contribution in [0.5, 0.6) is 0 Å². The van der Waals surface area contributed by atoms with Gasteiger partial charge in [0.1, 0.15) is 6.07 Å². The molecule has 0 unspecified atom stereocenters. The van der Waals surface area contributed by atoms with Gasteiger partial charge in [-0.2, -0.15) is 5.26 Å². The number of nitrogens with two attached hydrogens (primary N) is 1. The zero-order valence-corrected chi connectivity index (χ0v) is 10.8. The van der Waals surface area contributed by atoms with Crippen LogP contribution in [0.3, 0.4) is 0 Å². The first-order chi connectivity index (χ1) is 6.54. The fraction of sp³-hybridized carbons (Fsp3) is 0. The largest absolute Gasteiger partial charge is 0.376 e. The zero-order valence-electron chi connectivity index (χ0n) is 6.84. The molecule has 0 saturated heterocycles. The second-order valence-corrected chi connectivity index (χ2v) is 4.62. The van der Waals surface area contributed by atoms with Crippen molar-refractivity contribution in [3.63, 3.8) is 0 Å². The van der Waals surface area contributed by atoms with Crippen LogP contribution in [0.1, 0.15) is 5.56 Å². The summed E-state index contributed by atoms with van der Waals surface area (Å²) in [6.45, 7) is 0. The van der Waals surface area contributed by atoms with Crippen molar-refractivity contribution >= 4 is 54.9 Å². The lowest BCUT2D eigenvalue weighted by molar-refractivity contribution is 1.45. The first-order valence-electron chi connectivity index (χ1n) is 3.50. The molecule has 0 aromatic heterocycles. The fourth-order valence-corrected chi connectivity index (χ4v) is 2.34. The van der Waals surface area contributed by atoms with Crippen molar-refractivity contribution in [2.75, 3.05) is 5.32 Å². The second-order valence-electron chi connectivity index (χ2n) is 2.41. The van der Waals surface area contributed by atoms with Gasteiger partial charge in [-0.1, -0.05) is 15.9 Å². The highest BCUT2D eigenvalue weighted by atomic mass is 79.9. The molecule has 0 radical (unpaired) electrons. The van der Waals surface area contributed by atoms with Crippen molar-refractivity contribution in [2.45, 2.75) is 0 Å². The summed E-state index contributed by atoms with van der Waals surface area (Å²) in [5.74, 6) is 0. The quantitative estimate of drug-likeness (QED) is 0.775. The van der Waals surface area contributed by atoms with Gasteiger partial charge < -0.3 is 11.1 Å². The summed E-state index contributed by atoms with van der Waals surface area (Å²) in [6, 6.07) is 5.54. The molecule has 0 atom stereocenters. The van der Waals surface area contributed by atoms with Crippen molar-refractivity contribution in [1.29, 1.82) is 5.26 Å². The third-order valence-electron chi connectivity index (χ3n) is 1.42. The van der Waals surface area contributed by atoms with Gasteiger partial charge in [0.05, 0.1) is 11.3 Å². The number of anilines is 1. The lowest BCUT2D eigenvalue weighted by Gasteiger charge is -2.08. The molecule has 1 rings (SSSR count). The Bertz CT molecular complexity index is 425. The van der Waals surface area contributed by atoms with Gasteiger partial charge >= 0.3 is 0 Å². The van der Waals surface area contributed by atoms with Gasteiger partial charge in [-0.3, -0.25) is 0 Å². The third kappa shape index (κ3) is 2.67. The molecule has 0 bridgehead atoms. The third-order valence-corrected chi connectivity index (χ3v) is 2.61.